The van der Waals surface area contributed by atoms with Crippen LogP contribution in [0.3, 0.4) is 0 Å². The van der Waals surface area contributed by atoms with Gasteiger partial charge in [-0.3, -0.25) is 4.98 Å². The first-order valence-corrected chi connectivity index (χ1v) is 6.77. The Hall–Kier alpha value is -0.740. The Morgan fingerprint density at radius 1 is 1.62 bits per heavy atom. The Morgan fingerprint density at radius 3 is 3.19 bits per heavy atom. The quantitative estimate of drug-likeness (QED) is 0.851. The van der Waals surface area contributed by atoms with E-state index >= 15 is 0 Å². The summed E-state index contributed by atoms with van der Waals surface area (Å²) in [6.45, 7) is 0.804. The number of ether oxygens (including phenoxy) is 1. The zero-order chi connectivity index (χ0) is 11.2. The third-order valence-corrected chi connectivity index (χ3v) is 4.15. The third kappa shape index (κ3) is 3.12. The molecule has 2 rings (SSSR count). The maximum atomic E-state index is 9.36. The summed E-state index contributed by atoms with van der Waals surface area (Å²) >= 11 is 1.97. The van der Waals surface area contributed by atoms with Crippen LogP contribution in [0, 0.1) is 11.8 Å². The average Bonchev–Trinajstić information content (AvgIpc) is 2.85. The SMILES string of the molecule is OCC(COc1cccnc1)C1CCSC1. The molecule has 0 saturated carbocycles. The standard InChI is InChI=1S/C12H17NO2S/c14-7-11(10-3-5-16-9-10)8-15-12-2-1-4-13-6-12/h1-2,4,6,10-11,14H,3,5,7-9H2. The van der Waals surface area contributed by atoms with Gasteiger partial charge in [-0.2, -0.15) is 11.8 Å². The van der Waals surface area contributed by atoms with E-state index in [1.165, 1.54) is 12.2 Å². The molecule has 4 heteroatoms. The summed E-state index contributed by atoms with van der Waals surface area (Å²) < 4.78 is 5.64. The van der Waals surface area contributed by atoms with Gasteiger partial charge >= 0.3 is 0 Å². The first kappa shape index (κ1) is 11.7. The lowest BCUT2D eigenvalue weighted by atomic mass is 9.93. The summed E-state index contributed by atoms with van der Waals surface area (Å²) in [7, 11) is 0. The molecule has 88 valence electrons. The van der Waals surface area contributed by atoms with Gasteiger partial charge in [-0.15, -0.1) is 0 Å². The molecule has 0 amide bonds. The minimum atomic E-state index is 0.214. The molecule has 1 saturated heterocycles. The molecule has 1 aliphatic heterocycles. The number of pyridine rings is 1. The second-order valence-corrected chi connectivity index (χ2v) is 5.22. The highest BCUT2D eigenvalue weighted by Crippen LogP contribution is 2.30. The summed E-state index contributed by atoms with van der Waals surface area (Å²) in [6, 6.07) is 3.75. The van der Waals surface area contributed by atoms with E-state index < -0.39 is 0 Å². The van der Waals surface area contributed by atoms with Gasteiger partial charge in [0.1, 0.15) is 5.75 Å². The molecule has 2 heterocycles. The minimum absolute atomic E-state index is 0.214. The highest BCUT2D eigenvalue weighted by Gasteiger charge is 2.25. The largest absolute Gasteiger partial charge is 0.492 e. The molecule has 1 fully saturated rings. The molecule has 2 unspecified atom stereocenters. The molecule has 1 N–H and O–H groups in total. The van der Waals surface area contributed by atoms with E-state index in [1.54, 1.807) is 12.4 Å². The number of thioether (sulfide) groups is 1. The van der Waals surface area contributed by atoms with Crippen molar-refractivity contribution in [2.45, 2.75) is 6.42 Å². The number of hydrogen-bond donors (Lipinski definition) is 1. The Bertz CT molecular complexity index is 301. The predicted molar refractivity (Wildman–Crippen MR) is 65.7 cm³/mol. The van der Waals surface area contributed by atoms with Crippen LogP contribution in [0.25, 0.3) is 0 Å². The molecule has 2 atom stereocenters. The van der Waals surface area contributed by atoms with Crippen LogP contribution in [0.5, 0.6) is 5.75 Å². The van der Waals surface area contributed by atoms with Crippen LogP contribution < -0.4 is 4.74 Å². The van der Waals surface area contributed by atoms with Crippen LogP contribution in [0.1, 0.15) is 6.42 Å². The van der Waals surface area contributed by atoms with E-state index in [0.717, 1.165) is 11.5 Å². The maximum absolute atomic E-state index is 9.36. The summed E-state index contributed by atoms with van der Waals surface area (Å²) in [5, 5.41) is 9.36. The normalized spacial score (nSPS) is 21.9. The number of aliphatic hydroxyl groups excluding tert-OH is 1. The maximum Gasteiger partial charge on any atom is 0.137 e. The number of aromatic nitrogens is 1. The van der Waals surface area contributed by atoms with Crippen molar-refractivity contribution >= 4 is 11.8 Å². The van der Waals surface area contributed by atoms with Gasteiger partial charge in [0.2, 0.25) is 0 Å². The molecule has 3 nitrogen and oxygen atoms in total. The number of hydrogen-bond acceptors (Lipinski definition) is 4. The topological polar surface area (TPSA) is 42.4 Å². The van der Waals surface area contributed by atoms with Crippen LogP contribution in [0.4, 0.5) is 0 Å². The Kier molecular flexibility index (Phi) is 4.48. The summed E-state index contributed by atoms with van der Waals surface area (Å²) in [5.74, 6) is 4.02. The van der Waals surface area contributed by atoms with Crippen molar-refractivity contribution in [1.29, 1.82) is 0 Å². The molecular weight excluding hydrogens is 222 g/mol. The molecule has 0 aromatic carbocycles. The lowest BCUT2D eigenvalue weighted by Crippen LogP contribution is -2.25. The fourth-order valence-corrected chi connectivity index (χ4v) is 3.28. The van der Waals surface area contributed by atoms with Gasteiger partial charge in [-0.05, 0) is 36.0 Å². The van der Waals surface area contributed by atoms with Crippen LogP contribution in [0.15, 0.2) is 24.5 Å². The van der Waals surface area contributed by atoms with E-state index in [9.17, 15) is 5.11 Å². The third-order valence-electron chi connectivity index (χ3n) is 2.96. The molecule has 16 heavy (non-hydrogen) atoms. The van der Waals surface area contributed by atoms with Crippen LogP contribution >= 0.6 is 11.8 Å². The van der Waals surface area contributed by atoms with Crippen LogP contribution in [-0.2, 0) is 0 Å². The van der Waals surface area contributed by atoms with Gasteiger partial charge in [0, 0.05) is 18.7 Å². The molecular formula is C12H17NO2S. The van der Waals surface area contributed by atoms with Crippen molar-refractivity contribution in [3.8, 4) is 5.75 Å². The van der Waals surface area contributed by atoms with E-state index in [4.69, 9.17) is 4.74 Å². The second-order valence-electron chi connectivity index (χ2n) is 4.07. The first-order chi connectivity index (χ1) is 7.90. The fraction of sp³-hybridized carbons (Fsp3) is 0.583. The van der Waals surface area contributed by atoms with Gasteiger partial charge in [0.15, 0.2) is 0 Å². The summed E-state index contributed by atoms with van der Waals surface area (Å²) in [4.78, 5) is 3.99. The van der Waals surface area contributed by atoms with Crippen molar-refractivity contribution in [2.24, 2.45) is 11.8 Å². The average molecular weight is 239 g/mol. The monoisotopic (exact) mass is 239 g/mol. The fourth-order valence-electron chi connectivity index (χ4n) is 1.90. The smallest absolute Gasteiger partial charge is 0.137 e. The van der Waals surface area contributed by atoms with E-state index in [1.807, 2.05) is 23.9 Å². The molecule has 0 radical (unpaired) electrons. The molecule has 0 bridgehead atoms. The zero-order valence-electron chi connectivity index (χ0n) is 9.21. The van der Waals surface area contributed by atoms with Crippen molar-refractivity contribution in [3.63, 3.8) is 0 Å². The first-order valence-electron chi connectivity index (χ1n) is 5.61. The molecule has 1 aromatic heterocycles. The van der Waals surface area contributed by atoms with E-state index in [0.29, 0.717) is 12.5 Å². The Morgan fingerprint density at radius 2 is 2.56 bits per heavy atom. The lowest BCUT2D eigenvalue weighted by molar-refractivity contribution is 0.126. The number of rotatable bonds is 5. The minimum Gasteiger partial charge on any atom is -0.492 e. The highest BCUT2D eigenvalue weighted by atomic mass is 32.2. The highest BCUT2D eigenvalue weighted by molar-refractivity contribution is 7.99. The zero-order valence-corrected chi connectivity index (χ0v) is 10.0. The van der Waals surface area contributed by atoms with Gasteiger partial charge in [0.05, 0.1) is 12.8 Å². The van der Waals surface area contributed by atoms with Gasteiger partial charge in [-0.25, -0.2) is 0 Å². The Balaban J connectivity index is 1.83. The molecule has 0 spiro atoms. The van der Waals surface area contributed by atoms with Crippen LogP contribution in [0.2, 0.25) is 0 Å². The van der Waals surface area contributed by atoms with Crippen LogP contribution in [-0.4, -0.2) is 34.8 Å². The second kappa shape index (κ2) is 6.11. The van der Waals surface area contributed by atoms with Gasteiger partial charge < -0.3 is 9.84 Å². The molecule has 0 aliphatic carbocycles. The van der Waals surface area contributed by atoms with Crippen molar-refractivity contribution in [2.75, 3.05) is 24.7 Å². The molecule has 1 aromatic rings. The van der Waals surface area contributed by atoms with E-state index in [-0.39, 0.29) is 12.5 Å². The number of aliphatic hydroxyl groups is 1. The van der Waals surface area contributed by atoms with Gasteiger partial charge in [-0.1, -0.05) is 0 Å². The lowest BCUT2D eigenvalue weighted by Gasteiger charge is -2.20. The summed E-state index contributed by atoms with van der Waals surface area (Å²) in [6.07, 6.45) is 4.63. The summed E-state index contributed by atoms with van der Waals surface area (Å²) in [5.41, 5.74) is 0. The van der Waals surface area contributed by atoms with E-state index in [2.05, 4.69) is 4.98 Å². The van der Waals surface area contributed by atoms with Gasteiger partial charge in [0.25, 0.3) is 0 Å². The number of nitrogens with zero attached hydrogens (tertiary/aromatic N) is 1. The molecule has 1 aliphatic rings. The predicted octanol–water partition coefficient (Wildman–Crippen LogP) is 1.82. The van der Waals surface area contributed by atoms with Crippen molar-refractivity contribution < 1.29 is 9.84 Å². The Labute approximate surface area is 100 Å². The van der Waals surface area contributed by atoms with Crippen molar-refractivity contribution in [3.05, 3.63) is 24.5 Å². The van der Waals surface area contributed by atoms with Crippen molar-refractivity contribution in [1.82, 2.24) is 4.98 Å².